The lowest BCUT2D eigenvalue weighted by atomic mass is 9.96. The maximum atomic E-state index is 6.22. The first-order chi connectivity index (χ1) is 29.7. The number of fused-ring (bicyclic) bond motifs is 13. The van der Waals surface area contributed by atoms with E-state index in [1.54, 1.807) is 0 Å². The van der Waals surface area contributed by atoms with Crippen LogP contribution in [0.4, 0.5) is 0 Å². The normalized spacial score (nSPS) is 12.3. The van der Waals surface area contributed by atoms with E-state index in [-0.39, 0.29) is 0 Å². The van der Waals surface area contributed by atoms with Crippen molar-refractivity contribution in [2.75, 3.05) is 0 Å². The predicted molar refractivity (Wildman–Crippen MR) is 244 cm³/mol. The minimum atomic E-state index is 0.501. The van der Waals surface area contributed by atoms with E-state index in [0.29, 0.717) is 34.3 Å². The van der Waals surface area contributed by atoms with E-state index in [1.807, 2.05) is 66.7 Å². The van der Waals surface area contributed by atoms with Gasteiger partial charge in [-0.2, -0.15) is 0 Å². The van der Waals surface area contributed by atoms with Gasteiger partial charge < -0.3 is 8.82 Å². The first-order valence-corrected chi connectivity index (χ1v) is 20.1. The van der Waals surface area contributed by atoms with Gasteiger partial charge >= 0.3 is 0 Å². The van der Waals surface area contributed by atoms with Crippen molar-refractivity contribution in [1.29, 1.82) is 0 Å². The van der Waals surface area contributed by atoms with Crippen LogP contribution in [0.1, 0.15) is 0 Å². The van der Waals surface area contributed by atoms with Gasteiger partial charge in [0.2, 0.25) is 5.71 Å². The summed E-state index contributed by atoms with van der Waals surface area (Å²) in [5, 5.41) is 12.9. The number of nitrogens with zero attached hydrogens (tertiary/aromatic N) is 6. The van der Waals surface area contributed by atoms with Gasteiger partial charge in [-0.05, 0) is 86.9 Å². The van der Waals surface area contributed by atoms with Gasteiger partial charge in [-0.1, -0.05) is 115 Å². The number of hydrogen-bond donors (Lipinski definition) is 0. The molecule has 0 saturated heterocycles. The van der Waals surface area contributed by atoms with Crippen molar-refractivity contribution in [2.24, 2.45) is 0 Å². The van der Waals surface area contributed by atoms with E-state index >= 15 is 0 Å². The molecule has 0 amide bonds. The summed E-state index contributed by atoms with van der Waals surface area (Å²) in [5.74, 6) is 1.75. The minimum Gasteiger partial charge on any atom is -0.436 e. The lowest BCUT2D eigenvalue weighted by molar-refractivity contribution is 0.655. The van der Waals surface area contributed by atoms with E-state index in [9.17, 15) is 0 Å². The van der Waals surface area contributed by atoms with Gasteiger partial charge in [0.1, 0.15) is 11.1 Å². The van der Waals surface area contributed by atoms with Crippen molar-refractivity contribution in [3.8, 4) is 34.2 Å². The fraction of sp³-hybridized carbons (Fsp3) is 0. The molecule has 5 heterocycles. The molecule has 14 aromatic rings. The van der Waals surface area contributed by atoms with Crippen LogP contribution < -0.4 is 0 Å². The quantitative estimate of drug-likeness (QED) is 0.132. The fourth-order valence-electron chi connectivity index (χ4n) is 9.68. The molecular formula is C53H28N6O. The number of rotatable bonds is 3. The molecule has 0 aliphatic carbocycles. The molecule has 0 fully saturated rings. The first-order valence-electron chi connectivity index (χ1n) is 20.1. The zero-order valence-electron chi connectivity index (χ0n) is 31.8. The Labute approximate surface area is 340 Å². The van der Waals surface area contributed by atoms with Crippen molar-refractivity contribution in [3.63, 3.8) is 0 Å². The zero-order valence-corrected chi connectivity index (χ0v) is 31.8. The lowest BCUT2D eigenvalue weighted by Gasteiger charge is -2.14. The molecule has 0 bridgehead atoms. The second-order valence-corrected chi connectivity index (χ2v) is 15.6. The van der Waals surface area contributed by atoms with Gasteiger partial charge in [-0.15, -0.1) is 0 Å². The van der Waals surface area contributed by atoms with Crippen LogP contribution in [0.25, 0.3) is 138 Å². The Morgan fingerprint density at radius 3 is 1.90 bits per heavy atom. The molecule has 0 atom stereocenters. The van der Waals surface area contributed by atoms with Crippen LogP contribution in [0.5, 0.6) is 0 Å². The molecule has 14 rings (SSSR count). The van der Waals surface area contributed by atoms with Gasteiger partial charge in [0.25, 0.3) is 0 Å². The van der Waals surface area contributed by atoms with Crippen molar-refractivity contribution in [2.45, 2.75) is 0 Å². The third-order valence-electron chi connectivity index (χ3n) is 12.3. The average Bonchev–Trinajstić information content (AvgIpc) is 3.85. The SMILES string of the molecule is c1ccc(-c2nc(-c3ccc4oc5nc6ccccc6nc5c4c3)nc(-c3cc4c5cccc6cccc(c65)n5c6ccc7c8ccccc8ccc7c6c(c3)c45)n2)cc1. The Balaban J connectivity index is 1.09. The maximum absolute atomic E-state index is 6.22. The van der Waals surface area contributed by atoms with Crippen LogP contribution in [0.2, 0.25) is 0 Å². The van der Waals surface area contributed by atoms with Crippen LogP contribution in [0.3, 0.4) is 0 Å². The van der Waals surface area contributed by atoms with Crippen LogP contribution >= 0.6 is 0 Å². The number of pyridine rings is 1. The number of hydrogen-bond acceptors (Lipinski definition) is 6. The van der Waals surface area contributed by atoms with Crippen molar-refractivity contribution < 1.29 is 4.42 Å². The molecule has 60 heavy (non-hydrogen) atoms. The van der Waals surface area contributed by atoms with Gasteiger partial charge in [0.05, 0.1) is 27.6 Å². The highest BCUT2D eigenvalue weighted by atomic mass is 16.3. The van der Waals surface area contributed by atoms with Crippen LogP contribution in [0.15, 0.2) is 174 Å². The molecule has 5 aromatic heterocycles. The summed E-state index contributed by atoms with van der Waals surface area (Å²) in [7, 11) is 0. The maximum Gasteiger partial charge on any atom is 0.246 e. The molecule has 9 aromatic carbocycles. The molecule has 0 aliphatic rings. The van der Waals surface area contributed by atoms with Crippen molar-refractivity contribution in [3.05, 3.63) is 170 Å². The standard InChI is InChI=1S/C53H28N6O/c1-2-11-31(12-3-1)50-56-51(32-21-25-45-39(26-32)48-53(60-45)55-42-18-7-6-17-41(42)54-48)58-52(57-50)33-27-38-36-16-8-13-30-14-9-19-43(46(30)36)59-44-24-23-35-34-15-5-4-10-29(34)20-22-37(35)47(44)40(28-33)49(38)59/h1-28H. The Morgan fingerprint density at radius 2 is 1.02 bits per heavy atom. The molecular weight excluding hydrogens is 737 g/mol. The van der Waals surface area contributed by atoms with Crippen molar-refractivity contribution in [1.82, 2.24) is 29.3 Å². The van der Waals surface area contributed by atoms with E-state index < -0.39 is 0 Å². The summed E-state index contributed by atoms with van der Waals surface area (Å²) in [6, 6.07) is 59.6. The first kappa shape index (κ1) is 31.8. The highest BCUT2D eigenvalue weighted by Gasteiger charge is 2.23. The second-order valence-electron chi connectivity index (χ2n) is 15.6. The summed E-state index contributed by atoms with van der Waals surface area (Å²) >= 11 is 0. The van der Waals surface area contributed by atoms with Gasteiger partial charge in [0, 0.05) is 43.6 Å². The Kier molecular flexibility index (Phi) is 6.17. The number of benzene rings is 9. The van der Waals surface area contributed by atoms with Gasteiger partial charge in [-0.25, -0.2) is 24.9 Å². The van der Waals surface area contributed by atoms with E-state index in [1.165, 1.54) is 59.6 Å². The molecule has 7 heteroatoms. The zero-order chi connectivity index (χ0) is 39.1. The molecule has 0 N–H and O–H groups in total. The average molecular weight is 765 g/mol. The fourth-order valence-corrected chi connectivity index (χ4v) is 9.68. The molecule has 0 unspecified atom stereocenters. The van der Waals surface area contributed by atoms with E-state index in [4.69, 9.17) is 29.3 Å². The highest BCUT2D eigenvalue weighted by Crippen LogP contribution is 2.45. The summed E-state index contributed by atoms with van der Waals surface area (Å²) in [6.07, 6.45) is 0. The van der Waals surface area contributed by atoms with Crippen molar-refractivity contribution >= 4 is 104 Å². The molecule has 0 saturated carbocycles. The molecule has 0 spiro atoms. The number of furan rings is 1. The summed E-state index contributed by atoms with van der Waals surface area (Å²) in [5.41, 5.74) is 9.72. The monoisotopic (exact) mass is 764 g/mol. The highest BCUT2D eigenvalue weighted by molar-refractivity contribution is 6.32. The second kappa shape index (κ2) is 11.7. The molecule has 0 aliphatic heterocycles. The van der Waals surface area contributed by atoms with Crippen LogP contribution in [-0.2, 0) is 0 Å². The molecule has 0 radical (unpaired) electrons. The van der Waals surface area contributed by atoms with Crippen LogP contribution in [0, 0.1) is 0 Å². The Hall–Kier alpha value is -8.29. The Morgan fingerprint density at radius 1 is 0.367 bits per heavy atom. The smallest absolute Gasteiger partial charge is 0.246 e. The third-order valence-corrected chi connectivity index (χ3v) is 12.3. The number of para-hydroxylation sites is 2. The van der Waals surface area contributed by atoms with E-state index in [0.717, 1.165) is 43.9 Å². The summed E-state index contributed by atoms with van der Waals surface area (Å²) in [4.78, 5) is 25.4. The molecule has 276 valence electrons. The summed E-state index contributed by atoms with van der Waals surface area (Å²) in [6.45, 7) is 0. The number of aromatic nitrogens is 6. The van der Waals surface area contributed by atoms with Gasteiger partial charge in [-0.3, -0.25) is 0 Å². The lowest BCUT2D eigenvalue weighted by Crippen LogP contribution is -2.00. The topological polar surface area (TPSA) is 82.0 Å². The predicted octanol–water partition coefficient (Wildman–Crippen LogP) is 13.3. The summed E-state index contributed by atoms with van der Waals surface area (Å²) < 4.78 is 8.69. The Bertz CT molecular complexity index is 4130. The minimum absolute atomic E-state index is 0.501. The van der Waals surface area contributed by atoms with E-state index in [2.05, 4.69) is 108 Å². The third kappa shape index (κ3) is 4.35. The molecule has 7 nitrogen and oxygen atoms in total. The van der Waals surface area contributed by atoms with Gasteiger partial charge in [0.15, 0.2) is 17.5 Å². The largest absolute Gasteiger partial charge is 0.436 e. The van der Waals surface area contributed by atoms with Crippen LogP contribution in [-0.4, -0.2) is 29.3 Å².